The Kier molecular flexibility index (Phi) is 5.18. The van der Waals surface area contributed by atoms with Gasteiger partial charge in [-0.05, 0) is 36.2 Å². The smallest absolute Gasteiger partial charge is 0.265 e. The summed E-state index contributed by atoms with van der Waals surface area (Å²) in [5.74, 6) is 1.30. The summed E-state index contributed by atoms with van der Waals surface area (Å²) >= 11 is 1.46. The highest BCUT2D eigenvalue weighted by atomic mass is 32.1. The molecule has 0 aliphatic rings. The number of ether oxygens (including phenoxy) is 1. The average molecular weight is 368 g/mol. The number of rotatable bonds is 5. The molecule has 26 heavy (non-hydrogen) atoms. The van der Waals surface area contributed by atoms with Gasteiger partial charge in [0.15, 0.2) is 5.82 Å². The number of hydrogen-bond donors (Lipinski definition) is 1. The minimum absolute atomic E-state index is 0.171. The largest absolute Gasteiger partial charge is 0.497 e. The van der Waals surface area contributed by atoms with E-state index in [4.69, 9.17) is 4.74 Å². The van der Waals surface area contributed by atoms with Gasteiger partial charge in [0.1, 0.15) is 17.8 Å². The summed E-state index contributed by atoms with van der Waals surface area (Å²) in [4.78, 5) is 24.4. The molecule has 0 aliphatic carbocycles. The van der Waals surface area contributed by atoms with Crippen molar-refractivity contribution in [2.75, 3.05) is 31.4 Å². The van der Waals surface area contributed by atoms with Gasteiger partial charge in [0.05, 0.1) is 18.2 Å². The third-order valence-electron chi connectivity index (χ3n) is 3.91. The number of methoxy groups -OCH3 is 1. The van der Waals surface area contributed by atoms with Gasteiger partial charge in [-0.25, -0.2) is 9.97 Å². The van der Waals surface area contributed by atoms with Gasteiger partial charge in [0.2, 0.25) is 0 Å². The molecular formula is C19H20N4O2S. The van der Waals surface area contributed by atoms with Crippen molar-refractivity contribution in [2.45, 2.75) is 6.92 Å². The highest BCUT2D eigenvalue weighted by Crippen LogP contribution is 2.32. The van der Waals surface area contributed by atoms with E-state index in [9.17, 15) is 4.79 Å². The van der Waals surface area contributed by atoms with Crippen LogP contribution in [0.4, 0.5) is 11.5 Å². The molecule has 0 fully saturated rings. The molecule has 6 nitrogen and oxygen atoms in total. The molecule has 3 aromatic rings. The highest BCUT2D eigenvalue weighted by molar-refractivity contribution is 7.14. The van der Waals surface area contributed by atoms with E-state index < -0.39 is 0 Å². The van der Waals surface area contributed by atoms with Gasteiger partial charge in [0.25, 0.3) is 5.91 Å². The van der Waals surface area contributed by atoms with Crippen LogP contribution in [0.3, 0.4) is 0 Å². The lowest BCUT2D eigenvalue weighted by Crippen LogP contribution is -2.17. The molecule has 0 saturated carbocycles. The van der Waals surface area contributed by atoms with E-state index in [0.29, 0.717) is 16.4 Å². The third-order valence-corrected chi connectivity index (χ3v) is 4.95. The monoisotopic (exact) mass is 368 g/mol. The van der Waals surface area contributed by atoms with E-state index in [-0.39, 0.29) is 5.91 Å². The van der Waals surface area contributed by atoms with Gasteiger partial charge >= 0.3 is 0 Å². The molecule has 2 aromatic heterocycles. The lowest BCUT2D eigenvalue weighted by Gasteiger charge is -2.15. The minimum Gasteiger partial charge on any atom is -0.497 e. The first-order valence-corrected chi connectivity index (χ1v) is 8.84. The summed E-state index contributed by atoms with van der Waals surface area (Å²) in [6.07, 6.45) is 3.06. The molecule has 0 saturated heterocycles. The summed E-state index contributed by atoms with van der Waals surface area (Å²) in [6.45, 7) is 2.01. The summed E-state index contributed by atoms with van der Waals surface area (Å²) in [6, 6.07) is 9.72. The van der Waals surface area contributed by atoms with Gasteiger partial charge in [0, 0.05) is 19.0 Å². The number of carbonyl (C=O) groups excluding carboxylic acids is 1. The minimum atomic E-state index is -0.171. The third kappa shape index (κ3) is 3.67. The molecule has 134 valence electrons. The summed E-state index contributed by atoms with van der Waals surface area (Å²) < 4.78 is 5.20. The lowest BCUT2D eigenvalue weighted by atomic mass is 10.1. The normalized spacial score (nSPS) is 10.5. The maximum Gasteiger partial charge on any atom is 0.265 e. The van der Waals surface area contributed by atoms with Gasteiger partial charge in [-0.1, -0.05) is 12.1 Å². The van der Waals surface area contributed by atoms with E-state index >= 15 is 0 Å². The Morgan fingerprint density at radius 2 is 1.96 bits per heavy atom. The molecule has 0 unspecified atom stereocenters. The first-order valence-electron chi connectivity index (χ1n) is 8.03. The molecule has 0 aliphatic heterocycles. The van der Waals surface area contributed by atoms with Crippen LogP contribution < -0.4 is 15.0 Å². The number of carbonyl (C=O) groups is 1. The molecule has 7 heteroatoms. The molecule has 2 heterocycles. The molecule has 0 spiro atoms. The Hall–Kier alpha value is -2.93. The van der Waals surface area contributed by atoms with Crippen LogP contribution in [0.25, 0.3) is 11.1 Å². The zero-order valence-electron chi connectivity index (χ0n) is 15.1. The highest BCUT2D eigenvalue weighted by Gasteiger charge is 2.16. The number of nitrogens with zero attached hydrogens (tertiary/aromatic N) is 3. The van der Waals surface area contributed by atoms with Crippen LogP contribution in [0.15, 0.2) is 42.9 Å². The van der Waals surface area contributed by atoms with Crippen LogP contribution >= 0.6 is 11.3 Å². The van der Waals surface area contributed by atoms with Crippen molar-refractivity contribution in [1.29, 1.82) is 0 Å². The molecule has 0 bridgehead atoms. The maximum absolute atomic E-state index is 12.7. The Labute approximate surface area is 156 Å². The molecule has 0 radical (unpaired) electrons. The zero-order chi connectivity index (χ0) is 18.7. The molecule has 1 aromatic carbocycles. The van der Waals surface area contributed by atoms with Crippen LogP contribution in [-0.2, 0) is 0 Å². The maximum atomic E-state index is 12.7. The van der Waals surface area contributed by atoms with E-state index in [2.05, 4.69) is 15.3 Å². The Bertz CT molecular complexity index is 920. The standard InChI is InChI=1S/C19H20N4O2S/c1-12-15(13-5-7-14(25-4)8-6-13)9-17(26-12)19(24)22-16-10-20-11-21-18(16)23(2)3/h5-11H,1-4H3,(H,22,24). The quantitative estimate of drug-likeness (QED) is 0.741. The van der Waals surface area contributed by atoms with Crippen molar-refractivity contribution in [3.05, 3.63) is 52.6 Å². The lowest BCUT2D eigenvalue weighted by molar-refractivity contribution is 0.103. The van der Waals surface area contributed by atoms with Gasteiger partial charge < -0.3 is 15.0 Å². The van der Waals surface area contributed by atoms with E-state index in [1.54, 1.807) is 13.3 Å². The number of anilines is 2. The predicted molar refractivity (Wildman–Crippen MR) is 105 cm³/mol. The van der Waals surface area contributed by atoms with Crippen molar-refractivity contribution >= 4 is 28.7 Å². The Morgan fingerprint density at radius 3 is 2.62 bits per heavy atom. The average Bonchev–Trinajstić information content (AvgIpc) is 3.04. The number of benzene rings is 1. The number of aryl methyl sites for hydroxylation is 1. The van der Waals surface area contributed by atoms with Crippen molar-refractivity contribution in [3.8, 4) is 16.9 Å². The Morgan fingerprint density at radius 1 is 1.23 bits per heavy atom. The fourth-order valence-electron chi connectivity index (χ4n) is 2.60. The Balaban J connectivity index is 1.85. The van der Waals surface area contributed by atoms with E-state index in [0.717, 1.165) is 21.8 Å². The van der Waals surface area contributed by atoms with E-state index in [1.165, 1.54) is 17.7 Å². The van der Waals surface area contributed by atoms with Crippen LogP contribution in [0, 0.1) is 6.92 Å². The van der Waals surface area contributed by atoms with Gasteiger partial charge in [-0.2, -0.15) is 0 Å². The van der Waals surface area contributed by atoms with Crippen LogP contribution in [0.1, 0.15) is 14.5 Å². The van der Waals surface area contributed by atoms with Gasteiger partial charge in [-0.3, -0.25) is 4.79 Å². The van der Waals surface area contributed by atoms with Gasteiger partial charge in [-0.15, -0.1) is 11.3 Å². The van der Waals surface area contributed by atoms with Crippen LogP contribution in [-0.4, -0.2) is 37.1 Å². The number of hydrogen-bond acceptors (Lipinski definition) is 6. The van der Waals surface area contributed by atoms with Crippen LogP contribution in [0.5, 0.6) is 5.75 Å². The van der Waals surface area contributed by atoms with Crippen molar-refractivity contribution in [3.63, 3.8) is 0 Å². The van der Waals surface area contributed by atoms with Crippen LogP contribution in [0.2, 0.25) is 0 Å². The number of aromatic nitrogens is 2. The second kappa shape index (κ2) is 7.53. The summed E-state index contributed by atoms with van der Waals surface area (Å²) in [5.41, 5.74) is 2.68. The SMILES string of the molecule is COc1ccc(-c2cc(C(=O)Nc3cncnc3N(C)C)sc2C)cc1. The van der Waals surface area contributed by atoms with Crippen molar-refractivity contribution < 1.29 is 9.53 Å². The fraction of sp³-hybridized carbons (Fsp3) is 0.211. The molecule has 0 atom stereocenters. The first kappa shape index (κ1) is 17.9. The van der Waals surface area contributed by atoms with E-state index in [1.807, 2.05) is 56.3 Å². The number of amides is 1. The predicted octanol–water partition coefficient (Wildman–Crippen LogP) is 3.84. The summed E-state index contributed by atoms with van der Waals surface area (Å²) in [5, 5.41) is 2.90. The topological polar surface area (TPSA) is 67.3 Å². The van der Waals surface area contributed by atoms with Crippen molar-refractivity contribution in [1.82, 2.24) is 9.97 Å². The summed E-state index contributed by atoms with van der Waals surface area (Å²) in [7, 11) is 5.38. The molecular weight excluding hydrogens is 348 g/mol. The zero-order valence-corrected chi connectivity index (χ0v) is 15.9. The molecule has 1 amide bonds. The number of nitrogens with one attached hydrogen (secondary N) is 1. The molecule has 1 N–H and O–H groups in total. The molecule has 3 rings (SSSR count). The number of thiophene rings is 1. The van der Waals surface area contributed by atoms with Crippen molar-refractivity contribution in [2.24, 2.45) is 0 Å². The second-order valence-corrected chi connectivity index (χ2v) is 7.17. The first-order chi connectivity index (χ1) is 12.5. The fourth-order valence-corrected chi connectivity index (χ4v) is 3.54. The second-order valence-electron chi connectivity index (χ2n) is 5.92.